The Morgan fingerprint density at radius 2 is 1.56 bits per heavy atom. The second-order valence-electron chi connectivity index (χ2n) is 8.80. The summed E-state index contributed by atoms with van der Waals surface area (Å²) in [6, 6.07) is 16.9. The van der Waals surface area contributed by atoms with Crippen LogP contribution in [0.5, 0.6) is 11.5 Å². The molecule has 0 heterocycles. The zero-order valence-corrected chi connectivity index (χ0v) is 18.8. The number of para-hydroxylation sites is 2. The normalized spacial score (nSPS) is 20.6. The quantitative estimate of drug-likeness (QED) is 0.409. The topological polar surface area (TPSA) is 59.9 Å². The summed E-state index contributed by atoms with van der Waals surface area (Å²) in [6.07, 6.45) is 11.3. The molecule has 5 nitrogen and oxygen atoms in total. The van der Waals surface area contributed by atoms with Crippen LogP contribution in [0.3, 0.4) is 0 Å². The molecule has 1 amide bonds. The van der Waals surface area contributed by atoms with Crippen molar-refractivity contribution in [2.75, 3.05) is 13.2 Å². The average molecular weight is 435 g/mol. The van der Waals surface area contributed by atoms with Crippen molar-refractivity contribution in [2.24, 2.45) is 16.9 Å². The van der Waals surface area contributed by atoms with Gasteiger partial charge in [-0.3, -0.25) is 4.79 Å². The summed E-state index contributed by atoms with van der Waals surface area (Å²) in [5, 5.41) is 4.63. The summed E-state index contributed by atoms with van der Waals surface area (Å²) >= 11 is 0. The molecular weight excluding hydrogens is 400 g/mol. The van der Waals surface area contributed by atoms with Crippen molar-refractivity contribution < 1.29 is 14.3 Å². The maximum atomic E-state index is 12.9. The van der Waals surface area contributed by atoms with E-state index in [2.05, 4.69) is 10.5 Å². The van der Waals surface area contributed by atoms with Gasteiger partial charge in [0.25, 0.3) is 5.91 Å². The molecule has 2 saturated carbocycles. The Hall–Kier alpha value is -2.82. The van der Waals surface area contributed by atoms with E-state index in [1.54, 1.807) is 6.07 Å². The van der Waals surface area contributed by atoms with Gasteiger partial charge in [-0.15, -0.1) is 0 Å². The first-order valence-corrected chi connectivity index (χ1v) is 12.1. The molecule has 0 spiro atoms. The first-order chi connectivity index (χ1) is 15.8. The lowest BCUT2D eigenvalue weighted by Gasteiger charge is -2.33. The Kier molecular flexibility index (Phi) is 8.18. The molecule has 0 saturated heterocycles. The highest BCUT2D eigenvalue weighted by atomic mass is 16.5. The zero-order valence-electron chi connectivity index (χ0n) is 18.8. The van der Waals surface area contributed by atoms with E-state index in [0.717, 1.165) is 18.1 Å². The predicted molar refractivity (Wildman–Crippen MR) is 127 cm³/mol. The fraction of sp³-hybridized carbons (Fsp3) is 0.481. The average Bonchev–Trinajstić information content (AvgIpc) is 2.87. The van der Waals surface area contributed by atoms with Crippen molar-refractivity contribution in [3.05, 3.63) is 60.2 Å². The molecule has 4 rings (SSSR count). The van der Waals surface area contributed by atoms with Crippen LogP contribution in [0.4, 0.5) is 0 Å². The van der Waals surface area contributed by atoms with Crippen molar-refractivity contribution >= 4 is 11.6 Å². The Balaban J connectivity index is 1.34. The number of nitrogens with zero attached hydrogens (tertiary/aromatic N) is 1. The van der Waals surface area contributed by atoms with Crippen molar-refractivity contribution in [1.82, 2.24) is 5.43 Å². The molecule has 0 bridgehead atoms. The third kappa shape index (κ3) is 6.12. The summed E-state index contributed by atoms with van der Waals surface area (Å²) in [5.41, 5.74) is 4.52. The van der Waals surface area contributed by atoms with Crippen LogP contribution in [0.25, 0.3) is 0 Å². The van der Waals surface area contributed by atoms with Crippen LogP contribution < -0.4 is 14.9 Å². The largest absolute Gasteiger partial charge is 0.490 e. The maximum absolute atomic E-state index is 12.9. The lowest BCUT2D eigenvalue weighted by Crippen LogP contribution is -2.31. The molecule has 0 aliphatic heterocycles. The number of nitrogens with one attached hydrogen (secondary N) is 1. The van der Waals surface area contributed by atoms with Crippen LogP contribution in [0.2, 0.25) is 0 Å². The molecular formula is C27H34N2O3. The van der Waals surface area contributed by atoms with Gasteiger partial charge in [0.15, 0.2) is 0 Å². The van der Waals surface area contributed by atoms with E-state index in [-0.39, 0.29) is 5.91 Å². The number of hydrazone groups is 1. The number of hydrogen-bond donors (Lipinski definition) is 1. The van der Waals surface area contributed by atoms with Crippen LogP contribution >= 0.6 is 0 Å². The molecule has 1 unspecified atom stereocenters. The van der Waals surface area contributed by atoms with Crippen LogP contribution in [0.15, 0.2) is 59.7 Å². The zero-order chi connectivity index (χ0) is 22.0. The van der Waals surface area contributed by atoms with Crippen molar-refractivity contribution in [1.29, 1.82) is 0 Å². The fourth-order valence-electron chi connectivity index (χ4n) is 5.00. The van der Waals surface area contributed by atoms with Gasteiger partial charge >= 0.3 is 0 Å². The van der Waals surface area contributed by atoms with E-state index >= 15 is 0 Å². The lowest BCUT2D eigenvalue weighted by molar-refractivity contribution is 0.0948. The number of hydrogen-bond acceptors (Lipinski definition) is 4. The Morgan fingerprint density at radius 1 is 0.844 bits per heavy atom. The molecule has 2 aliphatic carbocycles. The Bertz CT molecular complexity index is 891. The van der Waals surface area contributed by atoms with E-state index in [1.807, 2.05) is 48.5 Å². The molecule has 2 aromatic rings. The van der Waals surface area contributed by atoms with Gasteiger partial charge in [-0.2, -0.15) is 5.10 Å². The van der Waals surface area contributed by atoms with Gasteiger partial charge in [0.05, 0.1) is 5.56 Å². The number of ether oxygens (including phenoxy) is 2. The van der Waals surface area contributed by atoms with E-state index in [4.69, 9.17) is 9.47 Å². The van der Waals surface area contributed by atoms with Gasteiger partial charge in [0, 0.05) is 11.6 Å². The van der Waals surface area contributed by atoms with E-state index in [1.165, 1.54) is 57.1 Å². The highest BCUT2D eigenvalue weighted by Crippen LogP contribution is 2.37. The smallest absolute Gasteiger partial charge is 0.275 e. The molecule has 2 fully saturated rings. The first-order valence-electron chi connectivity index (χ1n) is 12.1. The van der Waals surface area contributed by atoms with Crippen LogP contribution in [-0.2, 0) is 0 Å². The number of rotatable bonds is 8. The van der Waals surface area contributed by atoms with E-state index in [9.17, 15) is 4.79 Å². The Morgan fingerprint density at radius 3 is 2.41 bits per heavy atom. The predicted octanol–water partition coefficient (Wildman–Crippen LogP) is 6.00. The molecule has 170 valence electrons. The third-order valence-corrected chi connectivity index (χ3v) is 6.63. The van der Waals surface area contributed by atoms with Crippen molar-refractivity contribution in [3.63, 3.8) is 0 Å². The molecule has 32 heavy (non-hydrogen) atoms. The second-order valence-corrected chi connectivity index (χ2v) is 8.80. The van der Waals surface area contributed by atoms with Gasteiger partial charge in [-0.25, -0.2) is 5.43 Å². The summed E-state index contributed by atoms with van der Waals surface area (Å²) in [5.74, 6) is 2.41. The summed E-state index contributed by atoms with van der Waals surface area (Å²) in [4.78, 5) is 12.9. The summed E-state index contributed by atoms with van der Waals surface area (Å²) in [7, 11) is 0. The minimum atomic E-state index is -0.218. The molecule has 5 heteroatoms. The third-order valence-electron chi connectivity index (χ3n) is 6.63. The highest BCUT2D eigenvalue weighted by molar-refractivity contribution is 5.98. The number of benzene rings is 2. The van der Waals surface area contributed by atoms with Gasteiger partial charge in [0.1, 0.15) is 24.7 Å². The van der Waals surface area contributed by atoms with Crippen molar-refractivity contribution in [3.8, 4) is 11.5 Å². The standard InChI is InChI=1S/C27H34N2O3/c30-27(29-28-25-17-9-7-15-23(25)21-11-3-1-4-12-21)24-16-8-10-18-26(24)32-20-19-31-22-13-5-2-6-14-22/h2,5-6,8,10,13-14,16,18,21,23H,1,3-4,7,9,11-12,15,17,19-20H2,(H,29,30)/b28-25-. The lowest BCUT2D eigenvalue weighted by atomic mass is 9.72. The van der Waals surface area contributed by atoms with Gasteiger partial charge < -0.3 is 9.47 Å². The monoisotopic (exact) mass is 434 g/mol. The van der Waals surface area contributed by atoms with Crippen LogP contribution in [-0.4, -0.2) is 24.8 Å². The Labute approximate surface area is 191 Å². The molecule has 0 radical (unpaired) electrons. The van der Waals surface area contributed by atoms with Gasteiger partial charge in [0.2, 0.25) is 0 Å². The number of carbonyl (C=O) groups excluding carboxylic acids is 1. The SMILES string of the molecule is O=C(N/N=C1/CCCCC1C1CCCCC1)c1ccccc1OCCOc1ccccc1. The van der Waals surface area contributed by atoms with Crippen LogP contribution in [0.1, 0.15) is 68.1 Å². The minimum Gasteiger partial charge on any atom is -0.490 e. The van der Waals surface area contributed by atoms with Crippen molar-refractivity contribution in [2.45, 2.75) is 57.8 Å². The maximum Gasteiger partial charge on any atom is 0.275 e. The summed E-state index contributed by atoms with van der Waals surface area (Å²) in [6.45, 7) is 0.767. The van der Waals surface area contributed by atoms with E-state index in [0.29, 0.717) is 30.4 Å². The minimum absolute atomic E-state index is 0.218. The second kappa shape index (κ2) is 11.7. The van der Waals surface area contributed by atoms with E-state index < -0.39 is 0 Å². The molecule has 1 atom stereocenters. The summed E-state index contributed by atoms with van der Waals surface area (Å²) < 4.78 is 11.5. The van der Waals surface area contributed by atoms with Crippen LogP contribution in [0, 0.1) is 11.8 Å². The number of amides is 1. The molecule has 2 aliphatic rings. The first kappa shape index (κ1) is 22.4. The number of carbonyl (C=O) groups is 1. The molecule has 1 N–H and O–H groups in total. The molecule has 0 aromatic heterocycles. The van der Waals surface area contributed by atoms with Gasteiger partial charge in [-0.1, -0.05) is 56.0 Å². The fourth-order valence-corrected chi connectivity index (χ4v) is 5.00. The molecule has 2 aromatic carbocycles. The van der Waals surface area contributed by atoms with Gasteiger partial charge in [-0.05, 0) is 62.3 Å². The highest BCUT2D eigenvalue weighted by Gasteiger charge is 2.30.